The van der Waals surface area contributed by atoms with E-state index < -0.39 is 5.60 Å². The molecule has 0 saturated carbocycles. The monoisotopic (exact) mass is 280 g/mol. The molecule has 0 aliphatic carbocycles. The average molecular weight is 280 g/mol. The summed E-state index contributed by atoms with van der Waals surface area (Å²) in [6.45, 7) is 9.00. The van der Waals surface area contributed by atoms with Crippen molar-refractivity contribution in [2.45, 2.75) is 39.7 Å². The number of carbonyl (C=O) groups excluding carboxylic acids is 1. The van der Waals surface area contributed by atoms with Gasteiger partial charge in [0.2, 0.25) is 0 Å². The maximum atomic E-state index is 11.9. The molecule has 1 aromatic heterocycles. The van der Waals surface area contributed by atoms with Crippen LogP contribution < -0.4 is 0 Å². The van der Waals surface area contributed by atoms with Gasteiger partial charge in [0, 0.05) is 24.2 Å². The first-order valence-electron chi connectivity index (χ1n) is 6.45. The number of nitrogens with zero attached hydrogens (tertiary/aromatic N) is 2. The van der Waals surface area contributed by atoms with E-state index >= 15 is 0 Å². The minimum atomic E-state index is -0.437. The van der Waals surface area contributed by atoms with Gasteiger partial charge in [-0.15, -0.1) is 11.3 Å². The van der Waals surface area contributed by atoms with Crippen molar-refractivity contribution in [3.05, 3.63) is 22.2 Å². The smallest absolute Gasteiger partial charge is 0.410 e. The van der Waals surface area contributed by atoms with Crippen LogP contribution in [0.15, 0.2) is 12.3 Å². The molecule has 2 rings (SSSR count). The summed E-state index contributed by atoms with van der Waals surface area (Å²) in [6.07, 6.45) is 4.57. The molecule has 5 heteroatoms. The predicted molar refractivity (Wildman–Crippen MR) is 77.3 cm³/mol. The van der Waals surface area contributed by atoms with Crippen molar-refractivity contribution < 1.29 is 9.53 Å². The molecule has 19 heavy (non-hydrogen) atoms. The van der Waals surface area contributed by atoms with Crippen molar-refractivity contribution in [3.63, 3.8) is 0 Å². The maximum absolute atomic E-state index is 11.9. The summed E-state index contributed by atoms with van der Waals surface area (Å²) < 4.78 is 5.37. The van der Waals surface area contributed by atoms with Gasteiger partial charge in [0.25, 0.3) is 0 Å². The summed E-state index contributed by atoms with van der Waals surface area (Å²) in [5.74, 6) is 0. The topological polar surface area (TPSA) is 42.4 Å². The highest BCUT2D eigenvalue weighted by molar-refractivity contribution is 7.12. The first-order valence-corrected chi connectivity index (χ1v) is 7.26. The SMILES string of the molecule is Cc1cnc(C2=CCN(C(=O)OC(C)(C)C)CC2)s1. The zero-order chi connectivity index (χ0) is 14.0. The second-order valence-corrected chi connectivity index (χ2v) is 6.92. The number of hydrogen-bond donors (Lipinski definition) is 0. The Kier molecular flexibility index (Phi) is 3.94. The highest BCUT2D eigenvalue weighted by Crippen LogP contribution is 2.26. The third kappa shape index (κ3) is 3.80. The Morgan fingerprint density at radius 3 is 2.68 bits per heavy atom. The van der Waals surface area contributed by atoms with Crippen molar-refractivity contribution in [1.29, 1.82) is 0 Å². The molecule has 104 valence electrons. The van der Waals surface area contributed by atoms with E-state index in [4.69, 9.17) is 4.74 Å². The van der Waals surface area contributed by atoms with Gasteiger partial charge < -0.3 is 9.64 Å². The minimum absolute atomic E-state index is 0.238. The molecular weight excluding hydrogens is 260 g/mol. The van der Waals surface area contributed by atoms with E-state index in [-0.39, 0.29) is 6.09 Å². The molecule has 0 unspecified atom stereocenters. The van der Waals surface area contributed by atoms with E-state index in [1.54, 1.807) is 16.2 Å². The number of aromatic nitrogens is 1. The summed E-state index contributed by atoms with van der Waals surface area (Å²) in [5.41, 5.74) is 0.797. The number of aryl methyl sites for hydroxylation is 1. The first-order chi connectivity index (χ1) is 8.85. The summed E-state index contributed by atoms with van der Waals surface area (Å²) in [7, 11) is 0. The zero-order valence-corrected chi connectivity index (χ0v) is 12.7. The fourth-order valence-electron chi connectivity index (χ4n) is 1.86. The summed E-state index contributed by atoms with van der Waals surface area (Å²) in [6, 6.07) is 0. The van der Waals surface area contributed by atoms with Crippen LogP contribution in [-0.2, 0) is 4.74 Å². The lowest BCUT2D eigenvalue weighted by Crippen LogP contribution is -2.39. The van der Waals surface area contributed by atoms with Gasteiger partial charge in [-0.25, -0.2) is 9.78 Å². The van der Waals surface area contributed by atoms with Crippen LogP contribution in [0.25, 0.3) is 5.57 Å². The summed E-state index contributed by atoms with van der Waals surface area (Å²) in [5, 5.41) is 1.07. The van der Waals surface area contributed by atoms with Crippen molar-refractivity contribution in [2.75, 3.05) is 13.1 Å². The number of carbonyl (C=O) groups is 1. The zero-order valence-electron chi connectivity index (χ0n) is 11.9. The second kappa shape index (κ2) is 5.33. The lowest BCUT2D eigenvalue weighted by atomic mass is 10.1. The molecule has 4 nitrogen and oxygen atoms in total. The first kappa shape index (κ1) is 14.1. The van der Waals surface area contributed by atoms with E-state index in [1.165, 1.54) is 10.5 Å². The minimum Gasteiger partial charge on any atom is -0.444 e. The number of hydrogen-bond acceptors (Lipinski definition) is 4. The molecule has 1 aliphatic heterocycles. The van der Waals surface area contributed by atoms with Gasteiger partial charge in [0.05, 0.1) is 0 Å². The fourth-order valence-corrected chi connectivity index (χ4v) is 2.69. The van der Waals surface area contributed by atoms with Crippen LogP contribution >= 0.6 is 11.3 Å². The van der Waals surface area contributed by atoms with Crippen LogP contribution in [0, 0.1) is 6.92 Å². The quantitative estimate of drug-likeness (QED) is 0.791. The standard InChI is InChI=1S/C14H20N2O2S/c1-10-9-15-12(19-10)11-5-7-16(8-6-11)13(17)18-14(2,3)4/h5,9H,6-8H2,1-4H3. The van der Waals surface area contributed by atoms with E-state index in [9.17, 15) is 4.79 Å². The van der Waals surface area contributed by atoms with Gasteiger partial charge in [0.15, 0.2) is 0 Å². The second-order valence-electron chi connectivity index (χ2n) is 5.68. The largest absolute Gasteiger partial charge is 0.444 e. The summed E-state index contributed by atoms with van der Waals surface area (Å²) in [4.78, 5) is 19.3. The predicted octanol–water partition coefficient (Wildman–Crippen LogP) is 3.48. The maximum Gasteiger partial charge on any atom is 0.410 e. The molecule has 1 amide bonds. The van der Waals surface area contributed by atoms with Gasteiger partial charge in [0.1, 0.15) is 10.6 Å². The molecule has 0 bridgehead atoms. The number of rotatable bonds is 1. The highest BCUT2D eigenvalue weighted by Gasteiger charge is 2.24. The van der Waals surface area contributed by atoms with E-state index in [1.807, 2.05) is 27.0 Å². The average Bonchev–Trinajstić information content (AvgIpc) is 2.74. The van der Waals surface area contributed by atoms with E-state index in [0.717, 1.165) is 11.4 Å². The molecule has 0 fully saturated rings. The molecule has 0 saturated heterocycles. The van der Waals surface area contributed by atoms with Crippen molar-refractivity contribution >= 4 is 23.0 Å². The Bertz CT molecular complexity index is 500. The lowest BCUT2D eigenvalue weighted by Gasteiger charge is -2.29. The van der Waals surface area contributed by atoms with Crippen molar-refractivity contribution in [1.82, 2.24) is 9.88 Å². The van der Waals surface area contributed by atoms with Crippen molar-refractivity contribution in [3.8, 4) is 0 Å². The Labute approximate surface area is 118 Å². The molecule has 0 spiro atoms. The van der Waals surface area contributed by atoms with Crippen LogP contribution in [0.4, 0.5) is 4.79 Å². The number of thiazole rings is 1. The van der Waals surface area contributed by atoms with Crippen LogP contribution in [-0.4, -0.2) is 34.7 Å². The molecule has 0 atom stereocenters. The van der Waals surface area contributed by atoms with Crippen LogP contribution in [0.2, 0.25) is 0 Å². The molecule has 2 heterocycles. The third-order valence-electron chi connectivity index (χ3n) is 2.76. The third-order valence-corrected chi connectivity index (χ3v) is 3.75. The van der Waals surface area contributed by atoms with E-state index in [0.29, 0.717) is 13.1 Å². The molecular formula is C14H20N2O2S. The Balaban J connectivity index is 1.98. The van der Waals surface area contributed by atoms with Gasteiger partial charge in [-0.1, -0.05) is 6.08 Å². The van der Waals surface area contributed by atoms with Crippen LogP contribution in [0.3, 0.4) is 0 Å². The molecule has 0 radical (unpaired) electrons. The van der Waals surface area contributed by atoms with Crippen molar-refractivity contribution in [2.24, 2.45) is 0 Å². The van der Waals surface area contributed by atoms with Gasteiger partial charge >= 0.3 is 6.09 Å². The highest BCUT2D eigenvalue weighted by atomic mass is 32.1. The fraction of sp³-hybridized carbons (Fsp3) is 0.571. The molecule has 1 aromatic rings. The Hall–Kier alpha value is -1.36. The van der Waals surface area contributed by atoms with E-state index in [2.05, 4.69) is 18.0 Å². The van der Waals surface area contributed by atoms with Crippen LogP contribution in [0.1, 0.15) is 37.1 Å². The van der Waals surface area contributed by atoms with Gasteiger partial charge in [-0.2, -0.15) is 0 Å². The summed E-state index contributed by atoms with van der Waals surface area (Å²) >= 11 is 1.70. The van der Waals surface area contributed by atoms with Crippen LogP contribution in [0.5, 0.6) is 0 Å². The molecule has 0 N–H and O–H groups in total. The van der Waals surface area contributed by atoms with Gasteiger partial charge in [-0.05, 0) is 39.7 Å². The van der Waals surface area contributed by atoms with Gasteiger partial charge in [-0.3, -0.25) is 0 Å². The number of amides is 1. The Morgan fingerprint density at radius 1 is 1.47 bits per heavy atom. The molecule has 0 aromatic carbocycles. The normalized spacial score (nSPS) is 16.2. The molecule has 1 aliphatic rings. The Morgan fingerprint density at radius 2 is 2.21 bits per heavy atom. The number of ether oxygens (including phenoxy) is 1. The lowest BCUT2D eigenvalue weighted by molar-refractivity contribution is 0.0270.